The van der Waals surface area contributed by atoms with Crippen molar-refractivity contribution in [3.05, 3.63) is 40.3 Å². The van der Waals surface area contributed by atoms with E-state index in [1.165, 1.54) is 18.3 Å². The number of hydrogen-bond donors (Lipinski definition) is 2. The molecule has 4 nitrogen and oxygen atoms in total. The first-order chi connectivity index (χ1) is 8.08. The number of nitrogens with one attached hydrogen (secondary N) is 1. The van der Waals surface area contributed by atoms with Gasteiger partial charge in [-0.25, -0.2) is 9.37 Å². The molecule has 0 aliphatic heterocycles. The predicted molar refractivity (Wildman–Crippen MR) is 66.1 cm³/mol. The quantitative estimate of drug-likeness (QED) is 0.881. The van der Waals surface area contributed by atoms with Crippen molar-refractivity contribution in [3.8, 4) is 0 Å². The highest BCUT2D eigenvalue weighted by atomic mass is 35.5. The SMILES string of the molecule is Nc1ncc(Cl)c(Nc2c(F)cccc2Cl)n1. The summed E-state index contributed by atoms with van der Waals surface area (Å²) in [5, 5.41) is 3.12. The van der Waals surface area contributed by atoms with Gasteiger partial charge in [0.25, 0.3) is 0 Å². The molecule has 0 spiro atoms. The van der Waals surface area contributed by atoms with E-state index in [9.17, 15) is 4.39 Å². The summed E-state index contributed by atoms with van der Waals surface area (Å²) in [6, 6.07) is 4.32. The van der Waals surface area contributed by atoms with Gasteiger partial charge < -0.3 is 11.1 Å². The Kier molecular flexibility index (Phi) is 3.31. The molecule has 1 heterocycles. The Morgan fingerprint density at radius 1 is 1.24 bits per heavy atom. The first kappa shape index (κ1) is 11.9. The number of aromatic nitrogens is 2. The number of halogens is 3. The largest absolute Gasteiger partial charge is 0.368 e. The number of rotatable bonds is 2. The van der Waals surface area contributed by atoms with Crippen molar-refractivity contribution in [3.63, 3.8) is 0 Å². The van der Waals surface area contributed by atoms with Crippen LogP contribution in [-0.2, 0) is 0 Å². The van der Waals surface area contributed by atoms with Crippen LogP contribution in [0.2, 0.25) is 10.0 Å². The highest BCUT2D eigenvalue weighted by Gasteiger charge is 2.10. The molecule has 0 atom stereocenters. The highest BCUT2D eigenvalue weighted by molar-refractivity contribution is 6.34. The maximum atomic E-state index is 13.5. The summed E-state index contributed by atoms with van der Waals surface area (Å²) in [6.45, 7) is 0. The first-order valence-corrected chi connectivity index (χ1v) is 5.32. The average Bonchev–Trinajstić information content (AvgIpc) is 2.28. The standard InChI is InChI=1S/C10H7Cl2FN4/c11-5-2-1-3-7(13)8(5)16-9-6(12)4-15-10(14)17-9/h1-4H,(H3,14,15,16,17). The van der Waals surface area contributed by atoms with Crippen LogP contribution in [0.15, 0.2) is 24.4 Å². The molecule has 17 heavy (non-hydrogen) atoms. The monoisotopic (exact) mass is 272 g/mol. The third kappa shape index (κ3) is 2.57. The van der Waals surface area contributed by atoms with E-state index in [1.54, 1.807) is 6.07 Å². The zero-order chi connectivity index (χ0) is 12.4. The summed E-state index contributed by atoms with van der Waals surface area (Å²) < 4.78 is 13.5. The molecule has 2 aromatic rings. The number of hydrogen-bond acceptors (Lipinski definition) is 4. The number of nitrogens with zero attached hydrogens (tertiary/aromatic N) is 2. The molecule has 0 aliphatic rings. The van der Waals surface area contributed by atoms with Crippen LogP contribution < -0.4 is 11.1 Å². The molecule has 0 saturated carbocycles. The fourth-order valence-electron chi connectivity index (χ4n) is 1.20. The molecule has 2 rings (SSSR count). The lowest BCUT2D eigenvalue weighted by Gasteiger charge is -2.09. The van der Waals surface area contributed by atoms with Crippen LogP contribution in [0.25, 0.3) is 0 Å². The lowest BCUT2D eigenvalue weighted by atomic mass is 10.3. The zero-order valence-corrected chi connectivity index (χ0v) is 9.93. The highest BCUT2D eigenvalue weighted by Crippen LogP contribution is 2.30. The third-order valence-corrected chi connectivity index (χ3v) is 2.56. The van der Waals surface area contributed by atoms with E-state index >= 15 is 0 Å². The average molecular weight is 273 g/mol. The Hall–Kier alpha value is -1.59. The van der Waals surface area contributed by atoms with E-state index in [2.05, 4.69) is 15.3 Å². The van der Waals surface area contributed by atoms with Crippen molar-refractivity contribution in [2.45, 2.75) is 0 Å². The van der Waals surface area contributed by atoms with Crippen LogP contribution in [-0.4, -0.2) is 9.97 Å². The second kappa shape index (κ2) is 4.73. The Bertz CT molecular complexity index is 542. The van der Waals surface area contributed by atoms with Gasteiger partial charge in [-0.05, 0) is 12.1 Å². The van der Waals surface area contributed by atoms with Gasteiger partial charge in [0.05, 0.1) is 16.9 Å². The van der Waals surface area contributed by atoms with Crippen molar-refractivity contribution < 1.29 is 4.39 Å². The summed E-state index contributed by atoms with van der Waals surface area (Å²) in [6.07, 6.45) is 1.32. The molecule has 0 fully saturated rings. The normalized spacial score (nSPS) is 10.3. The van der Waals surface area contributed by atoms with Gasteiger partial charge in [0.1, 0.15) is 10.8 Å². The van der Waals surface area contributed by atoms with E-state index in [0.29, 0.717) is 0 Å². The van der Waals surface area contributed by atoms with E-state index in [-0.39, 0.29) is 27.5 Å². The van der Waals surface area contributed by atoms with Gasteiger partial charge in [-0.3, -0.25) is 0 Å². The van der Waals surface area contributed by atoms with Gasteiger partial charge in [0.2, 0.25) is 5.95 Å². The van der Waals surface area contributed by atoms with Gasteiger partial charge in [0, 0.05) is 0 Å². The van der Waals surface area contributed by atoms with Gasteiger partial charge >= 0.3 is 0 Å². The molecule has 0 aliphatic carbocycles. The minimum atomic E-state index is -0.509. The summed E-state index contributed by atoms with van der Waals surface area (Å²) in [5.41, 5.74) is 5.50. The maximum Gasteiger partial charge on any atom is 0.222 e. The van der Waals surface area contributed by atoms with Crippen LogP contribution in [0.4, 0.5) is 21.8 Å². The second-order valence-electron chi connectivity index (χ2n) is 3.15. The molecule has 0 unspecified atom stereocenters. The summed E-state index contributed by atoms with van der Waals surface area (Å²) >= 11 is 11.7. The van der Waals surface area contributed by atoms with Crippen molar-refractivity contribution in [2.75, 3.05) is 11.1 Å². The summed E-state index contributed by atoms with van der Waals surface area (Å²) in [7, 11) is 0. The second-order valence-corrected chi connectivity index (χ2v) is 3.96. The van der Waals surface area contributed by atoms with E-state index in [0.717, 1.165) is 0 Å². The maximum absolute atomic E-state index is 13.5. The van der Waals surface area contributed by atoms with Gasteiger partial charge in [0.15, 0.2) is 5.82 Å². The first-order valence-electron chi connectivity index (χ1n) is 4.57. The number of anilines is 3. The minimum Gasteiger partial charge on any atom is -0.368 e. The van der Waals surface area contributed by atoms with Crippen LogP contribution in [0.1, 0.15) is 0 Å². The number of benzene rings is 1. The van der Waals surface area contributed by atoms with Crippen molar-refractivity contribution in [2.24, 2.45) is 0 Å². The molecule has 0 amide bonds. The fraction of sp³-hybridized carbons (Fsp3) is 0. The number of nitrogen functional groups attached to an aromatic ring is 1. The van der Waals surface area contributed by atoms with Gasteiger partial charge in [-0.1, -0.05) is 29.3 Å². The summed E-state index contributed by atoms with van der Waals surface area (Å²) in [4.78, 5) is 7.54. The lowest BCUT2D eigenvalue weighted by Crippen LogP contribution is -2.02. The van der Waals surface area contributed by atoms with Crippen molar-refractivity contribution in [1.82, 2.24) is 9.97 Å². The predicted octanol–water partition coefficient (Wildman–Crippen LogP) is 3.25. The Morgan fingerprint density at radius 3 is 2.71 bits per heavy atom. The molecule has 7 heteroatoms. The number of para-hydroxylation sites is 1. The molecule has 0 bridgehead atoms. The topological polar surface area (TPSA) is 63.8 Å². The Labute approximate surface area is 107 Å². The molecule has 1 aromatic heterocycles. The molecule has 0 saturated heterocycles. The lowest BCUT2D eigenvalue weighted by molar-refractivity contribution is 0.632. The molecule has 1 aromatic carbocycles. The van der Waals surface area contributed by atoms with Crippen LogP contribution >= 0.6 is 23.2 Å². The van der Waals surface area contributed by atoms with Gasteiger partial charge in [-0.15, -0.1) is 0 Å². The molecule has 88 valence electrons. The molecular weight excluding hydrogens is 266 g/mol. The Morgan fingerprint density at radius 2 is 2.00 bits per heavy atom. The van der Waals surface area contributed by atoms with Crippen LogP contribution in [0.5, 0.6) is 0 Å². The zero-order valence-electron chi connectivity index (χ0n) is 8.42. The Balaban J connectivity index is 2.41. The van der Waals surface area contributed by atoms with E-state index in [4.69, 9.17) is 28.9 Å². The van der Waals surface area contributed by atoms with Crippen LogP contribution in [0, 0.1) is 5.82 Å². The summed E-state index contributed by atoms with van der Waals surface area (Å²) in [5.74, 6) is -0.277. The minimum absolute atomic E-state index is 0.0318. The van der Waals surface area contributed by atoms with Gasteiger partial charge in [-0.2, -0.15) is 4.98 Å². The molecule has 3 N–H and O–H groups in total. The third-order valence-electron chi connectivity index (χ3n) is 1.97. The van der Waals surface area contributed by atoms with Crippen molar-refractivity contribution >= 4 is 40.7 Å². The van der Waals surface area contributed by atoms with E-state index < -0.39 is 5.82 Å². The smallest absolute Gasteiger partial charge is 0.222 e. The van der Waals surface area contributed by atoms with Crippen molar-refractivity contribution in [1.29, 1.82) is 0 Å². The number of nitrogens with two attached hydrogens (primary N) is 1. The van der Waals surface area contributed by atoms with Crippen LogP contribution in [0.3, 0.4) is 0 Å². The van der Waals surface area contributed by atoms with E-state index in [1.807, 2.05) is 0 Å². The molecule has 0 radical (unpaired) electrons. The molecular formula is C10H7Cl2FN4. The fourth-order valence-corrected chi connectivity index (χ4v) is 1.55.